The molecular weight excluding hydrogens is 383 g/mol. The van der Waals surface area contributed by atoms with Crippen LogP contribution in [0.2, 0.25) is 0 Å². The highest BCUT2D eigenvalue weighted by Gasteiger charge is 2.21. The number of aliphatic hydroxyl groups is 1. The van der Waals surface area contributed by atoms with Gasteiger partial charge in [0.25, 0.3) is 0 Å². The summed E-state index contributed by atoms with van der Waals surface area (Å²) in [5.41, 5.74) is 4.86. The molecule has 28 heavy (non-hydrogen) atoms. The number of thioether (sulfide) groups is 1. The third kappa shape index (κ3) is 5.50. The summed E-state index contributed by atoms with van der Waals surface area (Å²) in [6, 6.07) is 28.8. The third-order valence-corrected chi connectivity index (χ3v) is 7.34. The summed E-state index contributed by atoms with van der Waals surface area (Å²) in [5, 5.41) is 9.99. The molecule has 0 saturated carbocycles. The average molecular weight is 404 g/mol. The Labute approximate surface area is 170 Å². The van der Waals surface area contributed by atoms with Crippen molar-refractivity contribution in [2.75, 3.05) is 12.4 Å². The SMILES string of the molecule is O=[P@@](C#Cc1ccccc1)(/C=C(\SCCO)c1ccccc1)c1ccccc1. The van der Waals surface area contributed by atoms with Crippen LogP contribution in [0.5, 0.6) is 0 Å². The molecule has 3 rings (SSSR count). The molecule has 0 spiro atoms. The van der Waals surface area contributed by atoms with Crippen LogP contribution in [-0.2, 0) is 4.57 Å². The van der Waals surface area contributed by atoms with Crippen molar-refractivity contribution in [3.8, 4) is 11.6 Å². The van der Waals surface area contributed by atoms with Crippen LogP contribution in [0.1, 0.15) is 11.1 Å². The highest BCUT2D eigenvalue weighted by molar-refractivity contribution is 8.08. The van der Waals surface area contributed by atoms with Crippen LogP contribution in [-0.4, -0.2) is 17.5 Å². The standard InChI is InChI=1S/C24H21O2PS/c25-17-19-28-24(22-12-6-2-7-13-22)20-27(26,23-14-8-3-9-15-23)18-16-21-10-4-1-5-11-21/h1-15,20,25H,17,19H2/b24-20-/t27-/m0/s1. The van der Waals surface area contributed by atoms with Crippen LogP contribution in [0.4, 0.5) is 0 Å². The van der Waals surface area contributed by atoms with Gasteiger partial charge in [-0.3, -0.25) is 0 Å². The Morgan fingerprint density at radius 3 is 2.07 bits per heavy atom. The first-order valence-corrected chi connectivity index (χ1v) is 11.7. The van der Waals surface area contributed by atoms with E-state index in [-0.39, 0.29) is 6.61 Å². The molecule has 140 valence electrons. The van der Waals surface area contributed by atoms with Crippen molar-refractivity contribution < 1.29 is 9.67 Å². The second kappa shape index (κ2) is 10.2. The van der Waals surface area contributed by atoms with E-state index < -0.39 is 7.14 Å². The maximum atomic E-state index is 14.0. The lowest BCUT2D eigenvalue weighted by Gasteiger charge is -2.12. The number of aliphatic hydroxyl groups excluding tert-OH is 1. The van der Waals surface area contributed by atoms with Crippen molar-refractivity contribution in [2.24, 2.45) is 0 Å². The summed E-state index contributed by atoms with van der Waals surface area (Å²) >= 11 is 1.49. The Hall–Kier alpha value is -2.50. The zero-order valence-corrected chi connectivity index (χ0v) is 17.1. The minimum atomic E-state index is -3.12. The Morgan fingerprint density at radius 1 is 0.893 bits per heavy atom. The Morgan fingerprint density at radius 2 is 1.46 bits per heavy atom. The van der Waals surface area contributed by atoms with Gasteiger partial charge in [-0.2, -0.15) is 0 Å². The largest absolute Gasteiger partial charge is 0.396 e. The maximum Gasteiger partial charge on any atom is 0.205 e. The van der Waals surface area contributed by atoms with Gasteiger partial charge in [-0.05, 0) is 23.4 Å². The van der Waals surface area contributed by atoms with Crippen LogP contribution in [0.15, 0.2) is 96.8 Å². The maximum absolute atomic E-state index is 14.0. The van der Waals surface area contributed by atoms with E-state index in [4.69, 9.17) is 0 Å². The lowest BCUT2D eigenvalue weighted by atomic mass is 10.2. The molecule has 3 aromatic rings. The van der Waals surface area contributed by atoms with Gasteiger partial charge in [0.1, 0.15) is 0 Å². The summed E-state index contributed by atoms with van der Waals surface area (Å²) in [7, 11) is -3.12. The summed E-state index contributed by atoms with van der Waals surface area (Å²) < 4.78 is 14.0. The molecule has 0 aromatic heterocycles. The Bertz CT molecular complexity index is 1020. The molecule has 0 bridgehead atoms. The molecule has 0 aliphatic heterocycles. The van der Waals surface area contributed by atoms with Crippen molar-refractivity contribution in [3.05, 3.63) is 108 Å². The van der Waals surface area contributed by atoms with Gasteiger partial charge in [0.15, 0.2) is 0 Å². The van der Waals surface area contributed by atoms with Crippen molar-refractivity contribution in [3.63, 3.8) is 0 Å². The zero-order valence-electron chi connectivity index (χ0n) is 15.4. The number of benzene rings is 3. The molecule has 4 heteroatoms. The predicted octanol–water partition coefficient (Wildman–Crippen LogP) is 5.41. The van der Waals surface area contributed by atoms with Crippen LogP contribution in [0, 0.1) is 11.6 Å². The first-order valence-electron chi connectivity index (χ1n) is 8.97. The van der Waals surface area contributed by atoms with Gasteiger partial charge >= 0.3 is 0 Å². The fourth-order valence-electron chi connectivity index (χ4n) is 2.61. The first-order chi connectivity index (χ1) is 13.7. The van der Waals surface area contributed by atoms with Crippen LogP contribution >= 0.6 is 18.9 Å². The molecule has 0 saturated heterocycles. The van der Waals surface area contributed by atoms with E-state index in [1.807, 2.05) is 91.0 Å². The Kier molecular flexibility index (Phi) is 7.34. The van der Waals surface area contributed by atoms with Gasteiger partial charge in [0.05, 0.1) is 6.61 Å². The van der Waals surface area contributed by atoms with Crippen LogP contribution in [0.3, 0.4) is 0 Å². The average Bonchev–Trinajstić information content (AvgIpc) is 2.77. The van der Waals surface area contributed by atoms with E-state index in [0.717, 1.165) is 16.0 Å². The minimum Gasteiger partial charge on any atom is -0.396 e. The molecule has 0 heterocycles. The van der Waals surface area contributed by atoms with E-state index in [1.54, 1.807) is 5.82 Å². The fraction of sp³-hybridized carbons (Fsp3) is 0.0833. The van der Waals surface area contributed by atoms with E-state index in [0.29, 0.717) is 11.1 Å². The molecule has 3 aromatic carbocycles. The molecule has 0 aliphatic carbocycles. The first kappa shape index (κ1) is 20.2. The second-order valence-electron chi connectivity index (χ2n) is 6.03. The molecular formula is C24H21O2PS. The summed E-state index contributed by atoms with van der Waals surface area (Å²) in [6.45, 7) is 0.0557. The summed E-state index contributed by atoms with van der Waals surface area (Å²) in [6.07, 6.45) is 0. The van der Waals surface area contributed by atoms with E-state index in [9.17, 15) is 9.67 Å². The van der Waals surface area contributed by atoms with Crippen molar-refractivity contribution in [2.45, 2.75) is 0 Å². The predicted molar refractivity (Wildman–Crippen MR) is 121 cm³/mol. The summed E-state index contributed by atoms with van der Waals surface area (Å²) in [4.78, 5) is 0.865. The number of rotatable bonds is 6. The molecule has 0 aliphatic rings. The van der Waals surface area contributed by atoms with Gasteiger partial charge in [0.2, 0.25) is 7.14 Å². The van der Waals surface area contributed by atoms with Gasteiger partial charge in [-0.1, -0.05) is 84.8 Å². The fourth-order valence-corrected chi connectivity index (χ4v) is 5.70. The monoisotopic (exact) mass is 404 g/mol. The van der Waals surface area contributed by atoms with E-state index in [1.165, 1.54) is 11.8 Å². The minimum absolute atomic E-state index is 0.0557. The molecule has 0 radical (unpaired) electrons. The quantitative estimate of drug-likeness (QED) is 0.441. The molecule has 2 nitrogen and oxygen atoms in total. The molecule has 0 unspecified atom stereocenters. The summed E-state index contributed by atoms with van der Waals surface area (Å²) in [5.74, 6) is 5.40. The van der Waals surface area contributed by atoms with Crippen molar-refractivity contribution in [1.82, 2.24) is 0 Å². The van der Waals surface area contributed by atoms with Crippen LogP contribution in [0.25, 0.3) is 4.91 Å². The van der Waals surface area contributed by atoms with Crippen molar-refractivity contribution >= 4 is 29.1 Å². The van der Waals surface area contributed by atoms with Crippen molar-refractivity contribution in [1.29, 1.82) is 0 Å². The lowest BCUT2D eigenvalue weighted by molar-refractivity contribution is 0.323. The normalized spacial score (nSPS) is 13.2. The number of hydrogen-bond donors (Lipinski definition) is 1. The Balaban J connectivity index is 2.11. The zero-order chi connectivity index (χ0) is 19.7. The van der Waals surface area contributed by atoms with E-state index >= 15 is 0 Å². The molecule has 1 atom stereocenters. The smallest absolute Gasteiger partial charge is 0.205 e. The van der Waals surface area contributed by atoms with Crippen LogP contribution < -0.4 is 5.30 Å². The highest BCUT2D eigenvalue weighted by Crippen LogP contribution is 2.49. The second-order valence-corrected chi connectivity index (χ2v) is 9.48. The molecule has 0 amide bonds. The number of hydrogen-bond acceptors (Lipinski definition) is 3. The van der Waals surface area contributed by atoms with Gasteiger partial charge in [-0.25, -0.2) is 0 Å². The van der Waals surface area contributed by atoms with Gasteiger partial charge < -0.3 is 9.67 Å². The topological polar surface area (TPSA) is 37.3 Å². The molecule has 0 fully saturated rings. The third-order valence-electron chi connectivity index (χ3n) is 3.99. The lowest BCUT2D eigenvalue weighted by Crippen LogP contribution is -2.01. The van der Waals surface area contributed by atoms with E-state index in [2.05, 4.69) is 11.6 Å². The van der Waals surface area contributed by atoms with Gasteiger partial charge in [-0.15, -0.1) is 11.8 Å². The van der Waals surface area contributed by atoms with Gasteiger partial charge in [0, 0.05) is 27.3 Å². The molecule has 1 N–H and O–H groups in total. The highest BCUT2D eigenvalue weighted by atomic mass is 32.2.